The van der Waals surface area contributed by atoms with Gasteiger partial charge in [0.15, 0.2) is 5.16 Å². The van der Waals surface area contributed by atoms with Gasteiger partial charge in [0.05, 0.1) is 12.2 Å². The molecule has 2 amide bonds. The van der Waals surface area contributed by atoms with E-state index in [1.165, 1.54) is 17.3 Å². The minimum absolute atomic E-state index is 0.0617. The van der Waals surface area contributed by atoms with E-state index in [-0.39, 0.29) is 24.0 Å². The zero-order valence-corrected chi connectivity index (χ0v) is 19.2. The Kier molecular flexibility index (Phi) is 6.90. The lowest BCUT2D eigenvalue weighted by atomic mass is 10.0. The number of nitrogens with one attached hydrogen (secondary N) is 1. The van der Waals surface area contributed by atoms with Gasteiger partial charge in [-0.2, -0.15) is 0 Å². The minimum atomic E-state index is -0.140. The van der Waals surface area contributed by atoms with Crippen molar-refractivity contribution in [1.29, 1.82) is 0 Å². The molecule has 0 spiro atoms. The van der Waals surface area contributed by atoms with Crippen LogP contribution in [0.2, 0.25) is 0 Å². The van der Waals surface area contributed by atoms with E-state index >= 15 is 0 Å². The van der Waals surface area contributed by atoms with Gasteiger partial charge in [0.1, 0.15) is 5.82 Å². The number of hydrogen-bond donors (Lipinski definition) is 1. The van der Waals surface area contributed by atoms with Crippen molar-refractivity contribution >= 4 is 35.0 Å². The van der Waals surface area contributed by atoms with Crippen molar-refractivity contribution in [2.45, 2.75) is 44.8 Å². The summed E-state index contributed by atoms with van der Waals surface area (Å²) in [5.41, 5.74) is 4.03. The van der Waals surface area contributed by atoms with Crippen LogP contribution in [0.3, 0.4) is 0 Å². The molecule has 0 saturated carbocycles. The molecule has 1 aliphatic heterocycles. The molecule has 0 radical (unpaired) electrons. The number of thioether (sulfide) groups is 1. The third kappa shape index (κ3) is 4.85. The fourth-order valence-corrected chi connectivity index (χ4v) is 4.82. The van der Waals surface area contributed by atoms with Crippen molar-refractivity contribution in [3.05, 3.63) is 65.5 Å². The van der Waals surface area contributed by atoms with Crippen LogP contribution in [0, 0.1) is 6.92 Å². The fraction of sp³-hybridized carbons (Fsp3) is 0.333. The van der Waals surface area contributed by atoms with Gasteiger partial charge in [-0.15, -0.1) is 10.2 Å². The molecule has 0 aliphatic carbocycles. The molecule has 7 nitrogen and oxygen atoms in total. The van der Waals surface area contributed by atoms with Gasteiger partial charge >= 0.3 is 0 Å². The first kappa shape index (κ1) is 22.1. The first-order valence-corrected chi connectivity index (χ1v) is 11.8. The second kappa shape index (κ2) is 9.99. The highest BCUT2D eigenvalue weighted by Gasteiger charge is 2.23. The number of hydrogen-bond acceptors (Lipinski definition) is 5. The van der Waals surface area contributed by atoms with Crippen molar-refractivity contribution in [2.24, 2.45) is 0 Å². The first-order valence-electron chi connectivity index (χ1n) is 10.9. The Balaban J connectivity index is 1.40. The molecule has 0 unspecified atom stereocenters. The van der Waals surface area contributed by atoms with Gasteiger partial charge in [0, 0.05) is 24.5 Å². The van der Waals surface area contributed by atoms with E-state index in [0.29, 0.717) is 17.5 Å². The predicted molar refractivity (Wildman–Crippen MR) is 127 cm³/mol. The van der Waals surface area contributed by atoms with E-state index in [0.717, 1.165) is 36.3 Å². The zero-order chi connectivity index (χ0) is 22.5. The third-order valence-corrected chi connectivity index (χ3v) is 6.54. The Bertz CT molecular complexity index is 1130. The molecule has 0 bridgehead atoms. The second-order valence-corrected chi connectivity index (χ2v) is 8.69. The van der Waals surface area contributed by atoms with Gasteiger partial charge in [-0.1, -0.05) is 48.2 Å². The number of nitrogens with zero attached hydrogens (tertiary/aromatic N) is 4. The monoisotopic (exact) mass is 449 g/mol. The van der Waals surface area contributed by atoms with Crippen molar-refractivity contribution in [1.82, 2.24) is 14.8 Å². The average molecular weight is 450 g/mol. The summed E-state index contributed by atoms with van der Waals surface area (Å²) in [6, 6.07) is 15.7. The van der Waals surface area contributed by atoms with Crippen molar-refractivity contribution in [3.8, 4) is 0 Å². The Morgan fingerprint density at radius 1 is 1.09 bits per heavy atom. The van der Waals surface area contributed by atoms with E-state index < -0.39 is 0 Å². The Morgan fingerprint density at radius 2 is 1.88 bits per heavy atom. The smallest absolute Gasteiger partial charge is 0.237 e. The largest absolute Gasteiger partial charge is 0.325 e. The minimum Gasteiger partial charge on any atom is -0.325 e. The van der Waals surface area contributed by atoms with Crippen molar-refractivity contribution in [3.63, 3.8) is 0 Å². The molecule has 1 aliphatic rings. The summed E-state index contributed by atoms with van der Waals surface area (Å²) in [6.45, 7) is 5.31. The van der Waals surface area contributed by atoms with Gasteiger partial charge in [0.2, 0.25) is 11.8 Å². The molecular formula is C24H27N5O2S. The average Bonchev–Trinajstić information content (AvgIpc) is 3.19. The standard InChI is InChI=1S/C24H27N5O2S/c1-3-28-21(15-22(30)25-19-12-6-4-9-17(19)2)26-27-24(28)32-16-23(31)29-14-8-11-18-10-5-7-13-20(18)29/h4-7,9-10,12-13H,3,8,11,14-16H2,1-2H3,(H,25,30). The van der Waals surface area contributed by atoms with Crippen molar-refractivity contribution in [2.75, 3.05) is 22.5 Å². The summed E-state index contributed by atoms with van der Waals surface area (Å²) in [4.78, 5) is 27.3. The lowest BCUT2D eigenvalue weighted by molar-refractivity contribution is -0.116. The molecule has 2 aromatic carbocycles. The Hall–Kier alpha value is -3.13. The number of amides is 2. The lowest BCUT2D eigenvalue weighted by Crippen LogP contribution is -2.36. The van der Waals surface area contributed by atoms with Crippen molar-refractivity contribution < 1.29 is 9.59 Å². The van der Waals surface area contributed by atoms with E-state index in [9.17, 15) is 9.59 Å². The van der Waals surface area contributed by atoms with Gasteiger partial charge in [-0.05, 0) is 49.9 Å². The van der Waals surface area contributed by atoms with E-state index in [4.69, 9.17) is 0 Å². The third-order valence-electron chi connectivity index (χ3n) is 5.58. The summed E-state index contributed by atoms with van der Waals surface area (Å²) in [5.74, 6) is 0.796. The van der Waals surface area contributed by atoms with Crippen LogP contribution in [-0.4, -0.2) is 38.9 Å². The molecule has 4 rings (SSSR count). The van der Waals surface area contributed by atoms with Gasteiger partial charge < -0.3 is 14.8 Å². The summed E-state index contributed by atoms with van der Waals surface area (Å²) in [6.07, 6.45) is 2.10. The Labute approximate surface area is 192 Å². The molecule has 0 fully saturated rings. The number of aromatic nitrogens is 3. The number of para-hydroxylation sites is 2. The molecule has 166 valence electrons. The molecule has 1 aromatic heterocycles. The highest BCUT2D eigenvalue weighted by Crippen LogP contribution is 2.28. The lowest BCUT2D eigenvalue weighted by Gasteiger charge is -2.29. The normalized spacial score (nSPS) is 13.0. The highest BCUT2D eigenvalue weighted by molar-refractivity contribution is 7.99. The number of carbonyl (C=O) groups is 2. The summed E-state index contributed by atoms with van der Waals surface area (Å²) in [7, 11) is 0. The number of fused-ring (bicyclic) bond motifs is 1. The van der Waals surface area contributed by atoms with Crippen LogP contribution in [0.4, 0.5) is 11.4 Å². The molecule has 8 heteroatoms. The van der Waals surface area contributed by atoms with Crippen LogP contribution < -0.4 is 10.2 Å². The number of rotatable bonds is 7. The summed E-state index contributed by atoms with van der Waals surface area (Å²) < 4.78 is 1.90. The molecule has 2 heterocycles. The Morgan fingerprint density at radius 3 is 2.69 bits per heavy atom. The molecule has 32 heavy (non-hydrogen) atoms. The van der Waals surface area contributed by atoms with Gasteiger partial charge in [-0.25, -0.2) is 0 Å². The SMILES string of the molecule is CCn1c(CC(=O)Nc2ccccc2C)nnc1SCC(=O)N1CCCc2ccccc21. The molecule has 0 saturated heterocycles. The number of benzene rings is 2. The van der Waals surface area contributed by atoms with Gasteiger partial charge in [0.25, 0.3) is 0 Å². The maximum Gasteiger partial charge on any atom is 0.237 e. The summed E-state index contributed by atoms with van der Waals surface area (Å²) in [5, 5.41) is 12.1. The topological polar surface area (TPSA) is 80.1 Å². The number of anilines is 2. The second-order valence-electron chi connectivity index (χ2n) is 7.75. The van der Waals surface area contributed by atoms with Gasteiger partial charge in [-0.3, -0.25) is 9.59 Å². The van der Waals surface area contributed by atoms with Crippen LogP contribution in [0.1, 0.15) is 30.3 Å². The molecule has 3 aromatic rings. The molecule has 0 atom stereocenters. The van der Waals surface area contributed by atoms with Crippen LogP contribution >= 0.6 is 11.8 Å². The zero-order valence-electron chi connectivity index (χ0n) is 18.4. The van der Waals surface area contributed by atoms with E-state index in [1.54, 1.807) is 0 Å². The number of carbonyl (C=O) groups excluding carboxylic acids is 2. The first-order chi connectivity index (χ1) is 15.6. The van der Waals surface area contributed by atoms with Crippen LogP contribution in [-0.2, 0) is 29.0 Å². The van der Waals surface area contributed by atoms with Crippen LogP contribution in [0.25, 0.3) is 0 Å². The fourth-order valence-electron chi connectivity index (χ4n) is 3.92. The summed E-state index contributed by atoms with van der Waals surface area (Å²) >= 11 is 1.37. The van der Waals surface area contributed by atoms with Crippen LogP contribution in [0.5, 0.6) is 0 Å². The molecular weight excluding hydrogens is 422 g/mol. The number of aryl methyl sites for hydroxylation is 2. The molecule has 1 N–H and O–H groups in total. The predicted octanol–water partition coefficient (Wildman–Crippen LogP) is 3.86. The van der Waals surface area contributed by atoms with E-state index in [2.05, 4.69) is 21.6 Å². The van der Waals surface area contributed by atoms with E-state index in [1.807, 2.05) is 65.8 Å². The van der Waals surface area contributed by atoms with Crippen LogP contribution in [0.15, 0.2) is 53.7 Å². The maximum absolute atomic E-state index is 12.9. The highest BCUT2D eigenvalue weighted by atomic mass is 32.2. The quantitative estimate of drug-likeness (QED) is 0.554. The maximum atomic E-state index is 12.9.